The molecule has 0 aliphatic rings. The van der Waals surface area contributed by atoms with Crippen LogP contribution in [0.15, 0.2) is 12.1 Å². The molecular formula is C13H18ClNO4. The first kappa shape index (κ1) is 15.6. The highest BCUT2D eigenvalue weighted by molar-refractivity contribution is 6.32. The predicted octanol–water partition coefficient (Wildman–Crippen LogP) is 2.67. The van der Waals surface area contributed by atoms with Crippen molar-refractivity contribution in [2.75, 3.05) is 20.8 Å². The third-order valence-corrected chi connectivity index (χ3v) is 2.53. The number of amides is 1. The van der Waals surface area contributed by atoms with Crippen molar-refractivity contribution < 1.29 is 19.1 Å². The molecule has 1 N–H and O–H groups in total. The van der Waals surface area contributed by atoms with E-state index < -0.39 is 5.91 Å². The van der Waals surface area contributed by atoms with E-state index >= 15 is 0 Å². The first-order valence-corrected chi connectivity index (χ1v) is 6.21. The zero-order valence-electron chi connectivity index (χ0n) is 11.5. The normalized spacial score (nSPS) is 10.4. The minimum atomic E-state index is -0.405. The zero-order chi connectivity index (χ0) is 14.4. The Morgan fingerprint density at radius 1 is 1.37 bits per heavy atom. The monoisotopic (exact) mass is 287 g/mol. The molecule has 1 aromatic rings. The van der Waals surface area contributed by atoms with E-state index in [-0.39, 0.29) is 0 Å². The number of hydroxylamine groups is 1. The molecule has 0 aliphatic carbocycles. The number of carbonyl (C=O) groups is 1. The lowest BCUT2D eigenvalue weighted by Crippen LogP contribution is -2.21. The number of halogens is 1. The Hall–Kier alpha value is -1.46. The summed E-state index contributed by atoms with van der Waals surface area (Å²) >= 11 is 6.12. The van der Waals surface area contributed by atoms with Crippen LogP contribution < -0.4 is 15.0 Å². The molecule has 1 aromatic carbocycles. The van der Waals surface area contributed by atoms with Gasteiger partial charge in [-0.05, 0) is 18.1 Å². The van der Waals surface area contributed by atoms with Gasteiger partial charge in [-0.15, -0.1) is 0 Å². The fourth-order valence-electron chi connectivity index (χ4n) is 1.39. The van der Waals surface area contributed by atoms with Gasteiger partial charge in [0.15, 0.2) is 11.5 Å². The Morgan fingerprint density at radius 3 is 2.58 bits per heavy atom. The Balaban J connectivity index is 3.03. The standard InChI is InChI=1S/C13H18ClNO4/c1-8(2)7-19-12-10(14)5-9(6-11(12)17-3)13(16)15-18-4/h5-6,8H,7H2,1-4H3,(H,15,16). The number of methoxy groups -OCH3 is 1. The van der Waals surface area contributed by atoms with E-state index in [0.29, 0.717) is 34.6 Å². The van der Waals surface area contributed by atoms with Gasteiger partial charge in [-0.1, -0.05) is 25.4 Å². The fourth-order valence-corrected chi connectivity index (χ4v) is 1.66. The summed E-state index contributed by atoms with van der Waals surface area (Å²) < 4.78 is 10.8. The van der Waals surface area contributed by atoms with Crippen molar-refractivity contribution >= 4 is 17.5 Å². The summed E-state index contributed by atoms with van der Waals surface area (Å²) in [5.74, 6) is 0.802. The van der Waals surface area contributed by atoms with Crippen LogP contribution in [0, 0.1) is 5.92 Å². The lowest BCUT2D eigenvalue weighted by atomic mass is 10.2. The Kier molecular flexibility index (Phi) is 5.92. The van der Waals surface area contributed by atoms with E-state index in [1.54, 1.807) is 6.07 Å². The number of ether oxygens (including phenoxy) is 2. The van der Waals surface area contributed by atoms with Crippen LogP contribution in [-0.2, 0) is 4.84 Å². The van der Waals surface area contributed by atoms with Gasteiger partial charge >= 0.3 is 0 Å². The number of carbonyl (C=O) groups excluding carboxylic acids is 1. The van der Waals surface area contributed by atoms with Gasteiger partial charge in [0, 0.05) is 5.56 Å². The minimum Gasteiger partial charge on any atom is -0.493 e. The minimum absolute atomic E-state index is 0.321. The van der Waals surface area contributed by atoms with E-state index in [2.05, 4.69) is 10.3 Å². The summed E-state index contributed by atoms with van der Waals surface area (Å²) in [5, 5.41) is 0.321. The number of nitrogens with one attached hydrogen (secondary N) is 1. The summed E-state index contributed by atoms with van der Waals surface area (Å²) in [5.41, 5.74) is 2.55. The van der Waals surface area contributed by atoms with Crippen molar-refractivity contribution in [3.05, 3.63) is 22.7 Å². The molecule has 1 amide bonds. The van der Waals surface area contributed by atoms with Crippen molar-refractivity contribution in [3.8, 4) is 11.5 Å². The lowest BCUT2D eigenvalue weighted by molar-refractivity contribution is 0.0537. The molecule has 0 bridgehead atoms. The molecule has 19 heavy (non-hydrogen) atoms. The third-order valence-electron chi connectivity index (χ3n) is 2.25. The van der Waals surface area contributed by atoms with Gasteiger partial charge in [0.25, 0.3) is 5.91 Å². The van der Waals surface area contributed by atoms with Crippen LogP contribution in [0.3, 0.4) is 0 Å². The van der Waals surface area contributed by atoms with Crippen molar-refractivity contribution in [3.63, 3.8) is 0 Å². The van der Waals surface area contributed by atoms with Crippen molar-refractivity contribution in [1.82, 2.24) is 5.48 Å². The van der Waals surface area contributed by atoms with Crippen LogP contribution in [0.5, 0.6) is 11.5 Å². The second-order valence-electron chi connectivity index (χ2n) is 4.33. The van der Waals surface area contributed by atoms with Crippen molar-refractivity contribution in [2.24, 2.45) is 5.92 Å². The number of rotatable bonds is 6. The van der Waals surface area contributed by atoms with Gasteiger partial charge < -0.3 is 9.47 Å². The smallest absolute Gasteiger partial charge is 0.275 e. The molecule has 0 unspecified atom stereocenters. The fraction of sp³-hybridized carbons (Fsp3) is 0.462. The van der Waals surface area contributed by atoms with Gasteiger partial charge in [0.05, 0.1) is 25.8 Å². The number of hydrogen-bond donors (Lipinski definition) is 1. The molecule has 0 radical (unpaired) electrons. The summed E-state index contributed by atoms with van der Waals surface area (Å²) in [4.78, 5) is 16.2. The van der Waals surface area contributed by atoms with E-state index in [1.165, 1.54) is 20.3 Å². The quantitative estimate of drug-likeness (QED) is 0.817. The summed E-state index contributed by atoms with van der Waals surface area (Å²) in [6, 6.07) is 3.06. The van der Waals surface area contributed by atoms with E-state index in [9.17, 15) is 4.79 Å². The molecule has 0 heterocycles. The maximum Gasteiger partial charge on any atom is 0.275 e. The molecule has 0 atom stereocenters. The second kappa shape index (κ2) is 7.21. The molecule has 106 valence electrons. The topological polar surface area (TPSA) is 56.8 Å². The highest BCUT2D eigenvalue weighted by atomic mass is 35.5. The van der Waals surface area contributed by atoms with Gasteiger partial charge in [-0.2, -0.15) is 0 Å². The van der Waals surface area contributed by atoms with Gasteiger partial charge in [0.1, 0.15) is 0 Å². The highest BCUT2D eigenvalue weighted by Crippen LogP contribution is 2.36. The van der Waals surface area contributed by atoms with E-state index in [1.807, 2.05) is 13.8 Å². The molecule has 6 heteroatoms. The average molecular weight is 288 g/mol. The van der Waals surface area contributed by atoms with E-state index in [4.69, 9.17) is 21.1 Å². The zero-order valence-corrected chi connectivity index (χ0v) is 12.2. The summed E-state index contributed by atoms with van der Waals surface area (Å²) in [6.45, 7) is 4.57. The molecule has 0 fully saturated rings. The largest absolute Gasteiger partial charge is 0.493 e. The molecule has 0 saturated heterocycles. The third kappa shape index (κ3) is 4.29. The molecule has 0 spiro atoms. The highest BCUT2D eigenvalue weighted by Gasteiger charge is 2.16. The molecule has 5 nitrogen and oxygen atoms in total. The van der Waals surface area contributed by atoms with Crippen LogP contribution in [0.1, 0.15) is 24.2 Å². The molecule has 0 saturated carbocycles. The van der Waals surface area contributed by atoms with Gasteiger partial charge in [-0.25, -0.2) is 5.48 Å². The summed E-state index contributed by atoms with van der Waals surface area (Å²) in [6.07, 6.45) is 0. The molecule has 0 aliphatic heterocycles. The Labute approximate surface area is 117 Å². The first-order chi connectivity index (χ1) is 8.99. The number of benzene rings is 1. The molecule has 0 aromatic heterocycles. The second-order valence-corrected chi connectivity index (χ2v) is 4.74. The van der Waals surface area contributed by atoms with E-state index in [0.717, 1.165) is 0 Å². The van der Waals surface area contributed by atoms with Gasteiger partial charge in [0.2, 0.25) is 0 Å². The summed E-state index contributed by atoms with van der Waals surface area (Å²) in [7, 11) is 2.85. The van der Waals surface area contributed by atoms with Gasteiger partial charge in [-0.3, -0.25) is 9.63 Å². The average Bonchev–Trinajstić information content (AvgIpc) is 2.36. The predicted molar refractivity (Wildman–Crippen MR) is 72.8 cm³/mol. The van der Waals surface area contributed by atoms with Crippen LogP contribution >= 0.6 is 11.6 Å². The number of hydrogen-bond acceptors (Lipinski definition) is 4. The van der Waals surface area contributed by atoms with Crippen LogP contribution in [-0.4, -0.2) is 26.7 Å². The molecular weight excluding hydrogens is 270 g/mol. The van der Waals surface area contributed by atoms with Crippen molar-refractivity contribution in [2.45, 2.75) is 13.8 Å². The van der Waals surface area contributed by atoms with Crippen molar-refractivity contribution in [1.29, 1.82) is 0 Å². The lowest BCUT2D eigenvalue weighted by Gasteiger charge is -2.15. The Bertz CT molecular complexity index is 449. The van der Waals surface area contributed by atoms with Crippen LogP contribution in [0.25, 0.3) is 0 Å². The molecule has 1 rings (SSSR count). The Morgan fingerprint density at radius 2 is 2.05 bits per heavy atom. The van der Waals surface area contributed by atoms with Crippen LogP contribution in [0.2, 0.25) is 5.02 Å². The SMILES string of the molecule is CONC(=O)c1cc(Cl)c(OCC(C)C)c(OC)c1. The van der Waals surface area contributed by atoms with Crippen LogP contribution in [0.4, 0.5) is 0 Å². The maximum atomic E-state index is 11.7. The maximum absolute atomic E-state index is 11.7. The first-order valence-electron chi connectivity index (χ1n) is 5.83.